The lowest BCUT2D eigenvalue weighted by Gasteiger charge is -2.17. The number of nitrogens with one attached hydrogen (secondary N) is 1. The number of para-hydroxylation sites is 1. The third kappa shape index (κ3) is 2.61. The molecule has 3 nitrogen and oxygen atoms in total. The molecule has 1 amide bonds. The zero-order chi connectivity index (χ0) is 12.5. The minimum absolute atomic E-state index is 0.0275. The van der Waals surface area contributed by atoms with Crippen LogP contribution in [0.5, 0.6) is 0 Å². The lowest BCUT2D eigenvalue weighted by molar-refractivity contribution is -0.123. The molecule has 0 fully saturated rings. The van der Waals surface area contributed by atoms with Gasteiger partial charge in [0.1, 0.15) is 5.82 Å². The maximum absolute atomic E-state index is 11.8. The first-order valence-corrected chi connectivity index (χ1v) is 5.64. The Balaban J connectivity index is 2.29. The normalized spacial score (nSPS) is 11.5. The number of carbonyl (C=O) groups excluding carboxylic acids is 1. The SMILES string of the molecule is CC(C)(C)C(=O)Nc1ccc2ccccc2n1. The van der Waals surface area contributed by atoms with Crippen LogP contribution in [0.1, 0.15) is 20.8 Å². The first kappa shape index (κ1) is 11.6. The number of nitrogens with zero attached hydrogens (tertiary/aromatic N) is 1. The molecular formula is C14H16N2O. The second-order valence-electron chi connectivity index (χ2n) is 5.09. The molecule has 0 aliphatic heterocycles. The van der Waals surface area contributed by atoms with Gasteiger partial charge in [-0.2, -0.15) is 0 Å². The third-order valence-corrected chi connectivity index (χ3v) is 2.52. The summed E-state index contributed by atoms with van der Waals surface area (Å²) in [6.07, 6.45) is 0. The van der Waals surface area contributed by atoms with Crippen molar-refractivity contribution in [3.05, 3.63) is 36.4 Å². The maximum Gasteiger partial charge on any atom is 0.230 e. The Kier molecular flexibility index (Phi) is 2.84. The molecule has 3 heteroatoms. The van der Waals surface area contributed by atoms with E-state index in [0.717, 1.165) is 10.9 Å². The largest absolute Gasteiger partial charge is 0.310 e. The monoisotopic (exact) mass is 228 g/mol. The van der Waals surface area contributed by atoms with Crippen LogP contribution in [0.15, 0.2) is 36.4 Å². The van der Waals surface area contributed by atoms with E-state index < -0.39 is 5.41 Å². The molecule has 0 radical (unpaired) electrons. The fourth-order valence-corrected chi connectivity index (χ4v) is 1.44. The van der Waals surface area contributed by atoms with Gasteiger partial charge >= 0.3 is 0 Å². The Hall–Kier alpha value is -1.90. The van der Waals surface area contributed by atoms with E-state index >= 15 is 0 Å². The quantitative estimate of drug-likeness (QED) is 0.814. The molecule has 1 aromatic carbocycles. The van der Waals surface area contributed by atoms with Crippen molar-refractivity contribution >= 4 is 22.6 Å². The van der Waals surface area contributed by atoms with Crippen molar-refractivity contribution in [1.29, 1.82) is 0 Å². The zero-order valence-electron chi connectivity index (χ0n) is 10.3. The molecule has 88 valence electrons. The third-order valence-electron chi connectivity index (χ3n) is 2.52. The number of rotatable bonds is 1. The Labute approximate surface area is 101 Å². The van der Waals surface area contributed by atoms with Crippen molar-refractivity contribution in [2.24, 2.45) is 5.41 Å². The predicted molar refractivity (Wildman–Crippen MR) is 69.8 cm³/mol. The molecule has 0 aliphatic carbocycles. The fraction of sp³-hybridized carbons (Fsp3) is 0.286. The minimum atomic E-state index is -0.409. The zero-order valence-corrected chi connectivity index (χ0v) is 10.3. The molecule has 0 saturated carbocycles. The number of hydrogen-bond acceptors (Lipinski definition) is 2. The summed E-state index contributed by atoms with van der Waals surface area (Å²) in [6, 6.07) is 11.6. The lowest BCUT2D eigenvalue weighted by Crippen LogP contribution is -2.27. The molecule has 1 aromatic heterocycles. The van der Waals surface area contributed by atoms with Crippen LogP contribution in [-0.2, 0) is 4.79 Å². The molecular weight excluding hydrogens is 212 g/mol. The van der Waals surface area contributed by atoms with Crippen LogP contribution in [0, 0.1) is 5.41 Å². The first-order valence-electron chi connectivity index (χ1n) is 5.64. The van der Waals surface area contributed by atoms with E-state index in [-0.39, 0.29) is 5.91 Å². The number of amides is 1. The molecule has 1 N–H and O–H groups in total. The van der Waals surface area contributed by atoms with E-state index in [4.69, 9.17) is 0 Å². The van der Waals surface area contributed by atoms with Crippen LogP contribution in [0.4, 0.5) is 5.82 Å². The molecule has 0 bridgehead atoms. The van der Waals surface area contributed by atoms with Gasteiger partial charge in [-0.15, -0.1) is 0 Å². The average molecular weight is 228 g/mol. The Bertz CT molecular complexity index is 555. The van der Waals surface area contributed by atoms with Gasteiger partial charge in [-0.1, -0.05) is 39.0 Å². The molecule has 1 heterocycles. The Morgan fingerprint density at radius 1 is 1.12 bits per heavy atom. The summed E-state index contributed by atoms with van der Waals surface area (Å²) in [7, 11) is 0. The van der Waals surface area contributed by atoms with Gasteiger partial charge in [0.25, 0.3) is 0 Å². The van der Waals surface area contributed by atoms with Crippen LogP contribution in [0.3, 0.4) is 0 Å². The van der Waals surface area contributed by atoms with E-state index in [2.05, 4.69) is 10.3 Å². The van der Waals surface area contributed by atoms with Crippen LogP contribution in [-0.4, -0.2) is 10.9 Å². The summed E-state index contributed by atoms with van der Waals surface area (Å²) in [5, 5.41) is 3.89. The highest BCUT2D eigenvalue weighted by Crippen LogP contribution is 2.18. The van der Waals surface area contributed by atoms with Gasteiger partial charge in [0.2, 0.25) is 5.91 Å². The molecule has 0 unspecified atom stereocenters. The topological polar surface area (TPSA) is 42.0 Å². The lowest BCUT2D eigenvalue weighted by atomic mass is 9.96. The Morgan fingerprint density at radius 2 is 1.82 bits per heavy atom. The van der Waals surface area contributed by atoms with Crippen molar-refractivity contribution in [1.82, 2.24) is 4.98 Å². The highest BCUT2D eigenvalue weighted by Gasteiger charge is 2.21. The number of benzene rings is 1. The second-order valence-corrected chi connectivity index (χ2v) is 5.09. The molecule has 0 aliphatic rings. The van der Waals surface area contributed by atoms with Crippen molar-refractivity contribution in [3.63, 3.8) is 0 Å². The molecule has 0 saturated heterocycles. The number of aromatic nitrogens is 1. The van der Waals surface area contributed by atoms with Gasteiger partial charge < -0.3 is 5.32 Å². The van der Waals surface area contributed by atoms with E-state index in [1.54, 1.807) is 0 Å². The van der Waals surface area contributed by atoms with Crippen LogP contribution >= 0.6 is 0 Å². The highest BCUT2D eigenvalue weighted by molar-refractivity contribution is 5.94. The van der Waals surface area contributed by atoms with Gasteiger partial charge in [0, 0.05) is 10.8 Å². The van der Waals surface area contributed by atoms with Crippen molar-refractivity contribution in [2.75, 3.05) is 5.32 Å². The summed E-state index contributed by atoms with van der Waals surface area (Å²) >= 11 is 0. The standard InChI is InChI=1S/C14H16N2O/c1-14(2,3)13(17)16-12-9-8-10-6-4-5-7-11(10)15-12/h4-9H,1-3H3,(H,15,16,17). The number of anilines is 1. The number of fused-ring (bicyclic) bond motifs is 1. The van der Waals surface area contributed by atoms with Gasteiger partial charge in [-0.05, 0) is 18.2 Å². The van der Waals surface area contributed by atoms with Gasteiger partial charge in [-0.25, -0.2) is 4.98 Å². The molecule has 17 heavy (non-hydrogen) atoms. The molecule has 0 spiro atoms. The van der Waals surface area contributed by atoms with Gasteiger partial charge in [0.15, 0.2) is 0 Å². The van der Waals surface area contributed by atoms with Crippen LogP contribution in [0.2, 0.25) is 0 Å². The summed E-state index contributed by atoms with van der Waals surface area (Å²) in [5.74, 6) is 0.573. The molecule has 2 aromatic rings. The first-order chi connectivity index (χ1) is 7.97. The smallest absolute Gasteiger partial charge is 0.230 e. The second kappa shape index (κ2) is 4.17. The predicted octanol–water partition coefficient (Wildman–Crippen LogP) is 3.22. The van der Waals surface area contributed by atoms with Crippen molar-refractivity contribution in [2.45, 2.75) is 20.8 Å². The van der Waals surface area contributed by atoms with E-state index in [1.807, 2.05) is 57.2 Å². The van der Waals surface area contributed by atoms with E-state index in [9.17, 15) is 4.79 Å². The maximum atomic E-state index is 11.8. The summed E-state index contributed by atoms with van der Waals surface area (Å²) in [5.41, 5.74) is 0.479. The van der Waals surface area contributed by atoms with Crippen LogP contribution < -0.4 is 5.32 Å². The van der Waals surface area contributed by atoms with Crippen LogP contribution in [0.25, 0.3) is 10.9 Å². The highest BCUT2D eigenvalue weighted by atomic mass is 16.2. The number of hydrogen-bond donors (Lipinski definition) is 1. The van der Waals surface area contributed by atoms with Crippen molar-refractivity contribution < 1.29 is 4.79 Å². The number of pyridine rings is 1. The average Bonchev–Trinajstić information content (AvgIpc) is 2.27. The Morgan fingerprint density at radius 3 is 2.53 bits per heavy atom. The van der Waals surface area contributed by atoms with E-state index in [0.29, 0.717) is 5.82 Å². The fourth-order valence-electron chi connectivity index (χ4n) is 1.44. The molecule has 2 rings (SSSR count). The van der Waals surface area contributed by atoms with E-state index in [1.165, 1.54) is 0 Å². The van der Waals surface area contributed by atoms with Crippen molar-refractivity contribution in [3.8, 4) is 0 Å². The minimum Gasteiger partial charge on any atom is -0.310 e. The molecule has 0 atom stereocenters. The summed E-state index contributed by atoms with van der Waals surface area (Å²) in [4.78, 5) is 16.2. The summed E-state index contributed by atoms with van der Waals surface area (Å²) < 4.78 is 0. The van der Waals surface area contributed by atoms with Gasteiger partial charge in [-0.3, -0.25) is 4.79 Å². The van der Waals surface area contributed by atoms with Gasteiger partial charge in [0.05, 0.1) is 5.52 Å². The summed E-state index contributed by atoms with van der Waals surface area (Å²) in [6.45, 7) is 5.64. The number of carbonyl (C=O) groups is 1.